The second-order valence-electron chi connectivity index (χ2n) is 5.48. The first kappa shape index (κ1) is 11.8. The third-order valence-corrected chi connectivity index (χ3v) is 4.34. The number of rotatable bonds is 3. The zero-order valence-electron chi connectivity index (χ0n) is 10.6. The lowest BCUT2D eigenvalue weighted by Crippen LogP contribution is -2.48. The fraction of sp³-hybridized carbons (Fsp3) is 0.500. The summed E-state index contributed by atoms with van der Waals surface area (Å²) in [6, 6.07) is 8.00. The third kappa shape index (κ3) is 1.87. The number of hydrogen-bond acceptors (Lipinski definition) is 3. The first-order valence-corrected chi connectivity index (χ1v) is 6.81. The molecule has 1 saturated carbocycles. The molecule has 3 rings (SSSR count). The molecule has 1 atom stereocenters. The molecule has 2 aliphatic rings. The molecule has 1 aliphatic heterocycles. The Kier molecular flexibility index (Phi) is 2.74. The average Bonchev–Trinajstić information content (AvgIpc) is 3.12. The van der Waals surface area contributed by atoms with Crippen molar-refractivity contribution in [3.63, 3.8) is 0 Å². The van der Waals surface area contributed by atoms with Gasteiger partial charge < -0.3 is 10.6 Å². The van der Waals surface area contributed by atoms with E-state index in [2.05, 4.69) is 22.9 Å². The van der Waals surface area contributed by atoms with Crippen molar-refractivity contribution in [3.05, 3.63) is 34.9 Å². The summed E-state index contributed by atoms with van der Waals surface area (Å²) in [7, 11) is 0. The molecule has 4 heteroatoms. The molecule has 2 N–H and O–H groups in total. The molecule has 0 aromatic heterocycles. The summed E-state index contributed by atoms with van der Waals surface area (Å²) in [5.74, 6) is 1.43. The lowest BCUT2D eigenvalue weighted by molar-refractivity contribution is 0.217. The second-order valence-corrected chi connectivity index (χ2v) is 5.89. The first-order chi connectivity index (χ1) is 8.61. The van der Waals surface area contributed by atoms with Crippen molar-refractivity contribution < 1.29 is 0 Å². The van der Waals surface area contributed by atoms with E-state index in [1.165, 1.54) is 12.8 Å². The Morgan fingerprint density at radius 1 is 1.44 bits per heavy atom. The molecule has 0 amide bonds. The van der Waals surface area contributed by atoms with Crippen molar-refractivity contribution >= 4 is 17.6 Å². The van der Waals surface area contributed by atoms with E-state index in [0.717, 1.165) is 23.0 Å². The summed E-state index contributed by atoms with van der Waals surface area (Å²) >= 11 is 6.34. The minimum Gasteiger partial charge on any atom is -0.370 e. The highest BCUT2D eigenvalue weighted by atomic mass is 35.5. The Labute approximate surface area is 113 Å². The molecule has 0 saturated heterocycles. The van der Waals surface area contributed by atoms with Gasteiger partial charge in [-0.15, -0.1) is 0 Å². The quantitative estimate of drug-likeness (QED) is 0.911. The van der Waals surface area contributed by atoms with Crippen molar-refractivity contribution in [2.24, 2.45) is 16.6 Å². The normalized spacial score (nSPS) is 27.4. The first-order valence-electron chi connectivity index (χ1n) is 6.44. The average molecular weight is 264 g/mol. The van der Waals surface area contributed by atoms with Crippen molar-refractivity contribution in [3.8, 4) is 0 Å². The molecular weight excluding hydrogens is 246 g/mol. The van der Waals surface area contributed by atoms with Gasteiger partial charge in [0.05, 0.1) is 12.1 Å². The molecule has 1 aliphatic carbocycles. The van der Waals surface area contributed by atoms with Gasteiger partial charge in [-0.3, -0.25) is 4.99 Å². The molecule has 1 aromatic carbocycles. The molecule has 96 valence electrons. The van der Waals surface area contributed by atoms with Crippen molar-refractivity contribution in [2.45, 2.75) is 25.3 Å². The summed E-state index contributed by atoms with van der Waals surface area (Å²) < 4.78 is 0. The summed E-state index contributed by atoms with van der Waals surface area (Å²) in [5.41, 5.74) is 6.98. The molecule has 1 heterocycles. The van der Waals surface area contributed by atoms with E-state index >= 15 is 0 Å². The van der Waals surface area contributed by atoms with Crippen molar-refractivity contribution in [1.82, 2.24) is 4.90 Å². The van der Waals surface area contributed by atoms with Gasteiger partial charge in [-0.1, -0.05) is 29.8 Å². The van der Waals surface area contributed by atoms with E-state index in [1.807, 2.05) is 18.2 Å². The van der Waals surface area contributed by atoms with Crippen LogP contribution in [0.4, 0.5) is 0 Å². The fourth-order valence-corrected chi connectivity index (χ4v) is 2.98. The van der Waals surface area contributed by atoms with E-state index in [1.54, 1.807) is 0 Å². The van der Waals surface area contributed by atoms with Crippen LogP contribution in [-0.2, 0) is 5.54 Å². The number of guanidine groups is 1. The summed E-state index contributed by atoms with van der Waals surface area (Å²) in [6.07, 6.45) is 2.62. The van der Waals surface area contributed by atoms with Crippen LogP contribution in [0.25, 0.3) is 0 Å². The molecule has 1 unspecified atom stereocenters. The Balaban J connectivity index is 1.95. The van der Waals surface area contributed by atoms with Crippen LogP contribution in [0.1, 0.15) is 25.3 Å². The predicted molar refractivity (Wildman–Crippen MR) is 74.7 cm³/mol. The van der Waals surface area contributed by atoms with Gasteiger partial charge in [-0.05, 0) is 37.3 Å². The van der Waals surface area contributed by atoms with Gasteiger partial charge in [0.25, 0.3) is 0 Å². The lowest BCUT2D eigenvalue weighted by atomic mass is 9.90. The van der Waals surface area contributed by atoms with Gasteiger partial charge in [0.1, 0.15) is 0 Å². The number of halogens is 1. The highest BCUT2D eigenvalue weighted by molar-refractivity contribution is 6.31. The Morgan fingerprint density at radius 3 is 2.83 bits per heavy atom. The molecular formula is C14H18ClN3. The standard InChI is InChI=1S/C14H18ClN3/c1-14(11-4-2-3-5-12(11)15)9-17-13(16)18(14)8-10-6-7-10/h2-5,10H,6-9H2,1H3,(H2,16,17). The van der Waals surface area contributed by atoms with Crippen LogP contribution < -0.4 is 5.73 Å². The molecule has 3 nitrogen and oxygen atoms in total. The monoisotopic (exact) mass is 263 g/mol. The Hall–Kier alpha value is -1.22. The van der Waals surface area contributed by atoms with Gasteiger partial charge in [0, 0.05) is 11.6 Å². The number of nitrogens with zero attached hydrogens (tertiary/aromatic N) is 2. The molecule has 0 bridgehead atoms. The SMILES string of the molecule is CC1(c2ccccc2Cl)CN=C(N)N1CC1CC1. The van der Waals surface area contributed by atoms with Gasteiger partial charge in [-0.2, -0.15) is 0 Å². The van der Waals surface area contributed by atoms with Crippen LogP contribution in [0.5, 0.6) is 0 Å². The molecule has 1 aromatic rings. The highest BCUT2D eigenvalue weighted by Crippen LogP contribution is 2.40. The topological polar surface area (TPSA) is 41.6 Å². The number of hydrogen-bond donors (Lipinski definition) is 1. The number of benzene rings is 1. The zero-order chi connectivity index (χ0) is 12.8. The molecule has 0 radical (unpaired) electrons. The predicted octanol–water partition coefficient (Wildman–Crippen LogP) is 2.60. The van der Waals surface area contributed by atoms with Crippen LogP contribution in [0.3, 0.4) is 0 Å². The van der Waals surface area contributed by atoms with E-state index in [4.69, 9.17) is 17.3 Å². The molecule has 1 fully saturated rings. The van der Waals surface area contributed by atoms with Crippen LogP contribution in [0.2, 0.25) is 5.02 Å². The number of nitrogens with two attached hydrogens (primary N) is 1. The van der Waals surface area contributed by atoms with E-state index < -0.39 is 0 Å². The molecule has 18 heavy (non-hydrogen) atoms. The van der Waals surface area contributed by atoms with Gasteiger partial charge in [0.15, 0.2) is 5.96 Å². The van der Waals surface area contributed by atoms with Crippen molar-refractivity contribution in [2.75, 3.05) is 13.1 Å². The van der Waals surface area contributed by atoms with Crippen LogP contribution in [0, 0.1) is 5.92 Å². The van der Waals surface area contributed by atoms with Gasteiger partial charge in [-0.25, -0.2) is 0 Å². The summed E-state index contributed by atoms with van der Waals surface area (Å²) in [4.78, 5) is 6.66. The van der Waals surface area contributed by atoms with E-state index in [-0.39, 0.29) is 5.54 Å². The highest BCUT2D eigenvalue weighted by Gasteiger charge is 2.42. The maximum Gasteiger partial charge on any atom is 0.192 e. The summed E-state index contributed by atoms with van der Waals surface area (Å²) in [6.45, 7) is 3.87. The zero-order valence-corrected chi connectivity index (χ0v) is 11.3. The van der Waals surface area contributed by atoms with E-state index in [9.17, 15) is 0 Å². The van der Waals surface area contributed by atoms with Crippen molar-refractivity contribution in [1.29, 1.82) is 0 Å². The van der Waals surface area contributed by atoms with Gasteiger partial charge >= 0.3 is 0 Å². The van der Waals surface area contributed by atoms with Crippen LogP contribution in [-0.4, -0.2) is 23.9 Å². The second kappa shape index (κ2) is 4.16. The van der Waals surface area contributed by atoms with E-state index in [0.29, 0.717) is 12.5 Å². The van der Waals surface area contributed by atoms with Crippen LogP contribution >= 0.6 is 11.6 Å². The largest absolute Gasteiger partial charge is 0.370 e. The minimum absolute atomic E-state index is 0.189. The third-order valence-electron chi connectivity index (χ3n) is 4.01. The minimum atomic E-state index is -0.189. The maximum atomic E-state index is 6.34. The fourth-order valence-electron chi connectivity index (χ4n) is 2.64. The summed E-state index contributed by atoms with van der Waals surface area (Å²) in [5, 5.41) is 0.797. The maximum absolute atomic E-state index is 6.34. The Morgan fingerprint density at radius 2 is 2.17 bits per heavy atom. The smallest absolute Gasteiger partial charge is 0.192 e. The molecule has 0 spiro atoms. The lowest BCUT2D eigenvalue weighted by Gasteiger charge is -2.37. The van der Waals surface area contributed by atoms with Crippen LogP contribution in [0.15, 0.2) is 29.3 Å². The number of aliphatic imine (C=N–C) groups is 1. The Bertz CT molecular complexity index is 496. The van der Waals surface area contributed by atoms with Gasteiger partial charge in [0.2, 0.25) is 0 Å².